The third kappa shape index (κ3) is 4.37. The van der Waals surface area contributed by atoms with Crippen molar-refractivity contribution in [3.8, 4) is 0 Å². The molecule has 175 valence electrons. The normalized spacial score (nSPS) is 23.4. The predicted molar refractivity (Wildman–Crippen MR) is 136 cm³/mol. The van der Waals surface area contributed by atoms with E-state index >= 15 is 0 Å². The van der Waals surface area contributed by atoms with Crippen LogP contribution in [0.5, 0.6) is 0 Å². The molecule has 1 heterocycles. The number of fused-ring (bicyclic) bond motifs is 3. The first-order valence-electron chi connectivity index (χ1n) is 12.1. The summed E-state index contributed by atoms with van der Waals surface area (Å²) in [5, 5.41) is 0. The SMILES string of the molecule is CC(C)(C)c1ccc2c(c1)C=C1C2=CC=C[C]1([Zr+2]([C]1=CC=CC1)[SiH]1CCC1)C(C)(C)C.[Cl-].[Cl-]. The van der Waals surface area contributed by atoms with Crippen LogP contribution in [0.3, 0.4) is 0 Å². The van der Waals surface area contributed by atoms with Gasteiger partial charge >= 0.3 is 199 Å². The van der Waals surface area contributed by atoms with E-state index in [2.05, 4.69) is 102 Å². The van der Waals surface area contributed by atoms with E-state index in [9.17, 15) is 0 Å². The van der Waals surface area contributed by atoms with Gasteiger partial charge in [0.05, 0.1) is 0 Å². The number of halogens is 2. The van der Waals surface area contributed by atoms with Gasteiger partial charge in [0.25, 0.3) is 0 Å². The van der Waals surface area contributed by atoms with E-state index in [0.717, 1.165) is 0 Å². The second kappa shape index (κ2) is 9.57. The molecule has 1 aromatic rings. The summed E-state index contributed by atoms with van der Waals surface area (Å²) < 4.78 is 2.20. The van der Waals surface area contributed by atoms with E-state index in [1.54, 1.807) is 17.7 Å². The van der Waals surface area contributed by atoms with Crippen LogP contribution in [-0.4, -0.2) is 5.92 Å². The molecule has 0 saturated carbocycles. The standard InChI is InChI=1S/C21H25.C5H5.C3H7Si.2ClH.Zr/c1-20(2,3)15-10-11-16-14(12-15)13-18-17(16)8-7-9-19(18)21(4,5)6;1-2-4-5-3-1;1-2-4-3-1;;;/h7-13H,1-6H3;1-3H,4H2;4H,1-3H2;2*1H;/q;;;;;+2/p-2. The van der Waals surface area contributed by atoms with Gasteiger partial charge in [-0.1, -0.05) is 0 Å². The van der Waals surface area contributed by atoms with Crippen LogP contribution in [0.25, 0.3) is 11.6 Å². The summed E-state index contributed by atoms with van der Waals surface area (Å²) in [5.41, 5.74) is 8.04. The summed E-state index contributed by atoms with van der Waals surface area (Å²) in [6.07, 6.45) is 20.3. The topological polar surface area (TPSA) is 0 Å². The van der Waals surface area contributed by atoms with Crippen LogP contribution in [0.15, 0.2) is 63.5 Å². The Morgan fingerprint density at radius 2 is 1.67 bits per heavy atom. The molecule has 0 spiro atoms. The molecule has 33 heavy (non-hydrogen) atoms. The first-order valence-corrected chi connectivity index (χ1v) is 21.1. The molecule has 0 radical (unpaired) electrons. The molecule has 0 amide bonds. The maximum atomic E-state index is 2.71. The number of rotatable bonds is 3. The van der Waals surface area contributed by atoms with E-state index in [4.69, 9.17) is 0 Å². The fourth-order valence-electron chi connectivity index (χ4n) is 6.13. The van der Waals surface area contributed by atoms with E-state index in [-0.39, 0.29) is 38.8 Å². The van der Waals surface area contributed by atoms with Gasteiger partial charge < -0.3 is 24.8 Å². The minimum atomic E-state index is -1.92. The van der Waals surface area contributed by atoms with Gasteiger partial charge in [0.15, 0.2) is 0 Å². The third-order valence-corrected chi connectivity index (χ3v) is 33.9. The second-order valence-corrected chi connectivity index (χ2v) is 29.5. The van der Waals surface area contributed by atoms with Crippen LogP contribution in [0, 0.1) is 5.41 Å². The van der Waals surface area contributed by atoms with Crippen molar-refractivity contribution >= 4 is 17.6 Å². The molecule has 3 aliphatic carbocycles. The molecule has 5 rings (SSSR count). The summed E-state index contributed by atoms with van der Waals surface area (Å²) in [4.78, 5) is 0. The van der Waals surface area contributed by atoms with Crippen molar-refractivity contribution < 1.29 is 45.7 Å². The van der Waals surface area contributed by atoms with Crippen molar-refractivity contribution in [2.75, 3.05) is 0 Å². The summed E-state index contributed by atoms with van der Waals surface area (Å²) >= 11 is -1.92. The summed E-state index contributed by atoms with van der Waals surface area (Å²) in [7, 11) is 0. The van der Waals surface area contributed by atoms with E-state index in [0.29, 0.717) is 0 Å². The fourth-order valence-corrected chi connectivity index (χ4v) is 36.5. The first-order chi connectivity index (χ1) is 14.6. The largest absolute Gasteiger partial charge is 1.00 e. The first kappa shape index (κ1) is 27.2. The summed E-state index contributed by atoms with van der Waals surface area (Å²) in [6, 6.07) is 10.5. The number of benzene rings is 1. The van der Waals surface area contributed by atoms with Crippen molar-refractivity contribution in [1.82, 2.24) is 0 Å². The minimum Gasteiger partial charge on any atom is -1.00 e. The molecule has 1 aromatic carbocycles. The quantitative estimate of drug-likeness (QED) is 0.485. The Kier molecular flexibility index (Phi) is 7.89. The van der Waals surface area contributed by atoms with Crippen LogP contribution < -0.4 is 24.8 Å². The van der Waals surface area contributed by atoms with Crippen molar-refractivity contribution in [2.24, 2.45) is 5.41 Å². The van der Waals surface area contributed by atoms with Crippen LogP contribution >= 0.6 is 0 Å². The van der Waals surface area contributed by atoms with E-state index in [1.165, 1.54) is 35.1 Å². The van der Waals surface area contributed by atoms with Gasteiger partial charge in [0, 0.05) is 0 Å². The Balaban J connectivity index is 0.00000153. The van der Waals surface area contributed by atoms with E-state index < -0.39 is 26.8 Å². The molecule has 0 nitrogen and oxygen atoms in total. The monoisotopic (exact) mass is 573 g/mol. The van der Waals surface area contributed by atoms with Gasteiger partial charge in [-0.2, -0.15) is 0 Å². The van der Waals surface area contributed by atoms with Gasteiger partial charge in [-0.3, -0.25) is 0 Å². The number of hydrogen-bond donors (Lipinski definition) is 0. The molecule has 1 saturated heterocycles. The number of allylic oxidation sites excluding steroid dienone is 9. The Morgan fingerprint density at radius 3 is 2.21 bits per heavy atom. The van der Waals surface area contributed by atoms with Crippen molar-refractivity contribution in [1.29, 1.82) is 0 Å². The molecule has 0 bridgehead atoms. The third-order valence-electron chi connectivity index (χ3n) is 8.07. The van der Waals surface area contributed by atoms with Crippen LogP contribution in [0.2, 0.25) is 15.2 Å². The van der Waals surface area contributed by atoms with Gasteiger partial charge in [-0.25, -0.2) is 0 Å². The van der Waals surface area contributed by atoms with Gasteiger partial charge in [-0.05, 0) is 0 Å². The second-order valence-electron chi connectivity index (χ2n) is 12.0. The Bertz CT molecular complexity index is 1070. The fraction of sp³-hybridized carbons (Fsp3) is 0.448. The van der Waals surface area contributed by atoms with Crippen molar-refractivity contribution in [3.05, 3.63) is 80.2 Å². The summed E-state index contributed by atoms with van der Waals surface area (Å²) in [6.45, 7) is 14.6. The summed E-state index contributed by atoms with van der Waals surface area (Å²) in [5.74, 6) is -0.627. The Hall–Kier alpha value is -0.400. The predicted octanol–water partition coefficient (Wildman–Crippen LogP) is 2.14. The van der Waals surface area contributed by atoms with Crippen LogP contribution in [-0.2, 0) is 26.3 Å². The molecule has 4 aliphatic rings. The zero-order valence-corrected chi connectivity index (χ0v) is 26.1. The molecule has 0 aromatic heterocycles. The Morgan fingerprint density at radius 1 is 0.939 bits per heavy atom. The van der Waals surface area contributed by atoms with Gasteiger partial charge in [0.2, 0.25) is 0 Å². The number of hydrogen-bond acceptors (Lipinski definition) is 0. The Labute approximate surface area is 222 Å². The van der Waals surface area contributed by atoms with Crippen LogP contribution in [0.4, 0.5) is 0 Å². The van der Waals surface area contributed by atoms with Gasteiger partial charge in [0.1, 0.15) is 0 Å². The average Bonchev–Trinajstić information content (AvgIpc) is 3.29. The maximum Gasteiger partial charge on any atom is -1.00 e. The smallest absolute Gasteiger partial charge is 1.00 e. The molecule has 1 fully saturated rings. The van der Waals surface area contributed by atoms with Crippen molar-refractivity contribution in [3.63, 3.8) is 0 Å². The molecule has 4 heteroatoms. The molecular weight excluding hydrogens is 539 g/mol. The molecule has 1 aliphatic heterocycles. The zero-order chi connectivity index (χ0) is 22.0. The zero-order valence-electron chi connectivity index (χ0n) is 20.9. The van der Waals surface area contributed by atoms with Crippen molar-refractivity contribution in [2.45, 2.75) is 75.0 Å². The molecule has 0 N–H and O–H groups in total. The minimum absolute atomic E-state index is 0. The molecule has 1 unspecified atom stereocenters. The molecule has 1 atom stereocenters. The molecular formula is C29H37Cl2SiZr. The van der Waals surface area contributed by atoms with Gasteiger partial charge in [-0.15, -0.1) is 0 Å². The van der Waals surface area contributed by atoms with E-state index in [1.807, 2.05) is 3.28 Å². The average molecular weight is 576 g/mol. The maximum absolute atomic E-state index is 2.71. The van der Waals surface area contributed by atoms with Crippen LogP contribution in [0.1, 0.15) is 71.1 Å².